The van der Waals surface area contributed by atoms with Crippen LogP contribution in [-0.2, 0) is 0 Å². The largest absolute Gasteiger partial charge is 0.493 e. The van der Waals surface area contributed by atoms with E-state index in [2.05, 4.69) is 9.97 Å². The van der Waals surface area contributed by atoms with Crippen molar-refractivity contribution in [3.05, 3.63) is 55.8 Å². The first-order chi connectivity index (χ1) is 8.75. The van der Waals surface area contributed by atoms with E-state index in [9.17, 15) is 4.79 Å². The molecule has 2 heterocycles. The summed E-state index contributed by atoms with van der Waals surface area (Å²) >= 11 is 1.98. The number of fused-ring (bicyclic) bond motifs is 1. The van der Waals surface area contributed by atoms with Crippen LogP contribution in [0.3, 0.4) is 0 Å². The molecule has 1 N–H and O–H groups in total. The maximum atomic E-state index is 11.7. The van der Waals surface area contributed by atoms with E-state index in [0.717, 1.165) is 23.6 Å². The van der Waals surface area contributed by atoms with Gasteiger partial charge in [0.05, 0.1) is 10.2 Å². The number of rotatable bonds is 1. The number of benzene rings is 1. The van der Waals surface area contributed by atoms with E-state index in [1.54, 1.807) is 6.20 Å². The summed E-state index contributed by atoms with van der Waals surface area (Å²) in [5, 5.41) is 0. The van der Waals surface area contributed by atoms with Crippen LogP contribution in [0, 0.1) is 3.57 Å². The summed E-state index contributed by atoms with van der Waals surface area (Å²) in [4.78, 5) is 18.9. The summed E-state index contributed by atoms with van der Waals surface area (Å²) < 4.78 is 6.22. The van der Waals surface area contributed by atoms with Crippen LogP contribution < -0.4 is 10.3 Å². The SMILES string of the molecule is O=c1[nH]c(C2CCOc3ccccc32)ncc1I. The van der Waals surface area contributed by atoms with Crippen molar-refractivity contribution in [1.82, 2.24) is 9.97 Å². The third-order valence-electron chi connectivity index (χ3n) is 3.06. The smallest absolute Gasteiger partial charge is 0.264 e. The Labute approximate surface area is 118 Å². The van der Waals surface area contributed by atoms with Crippen LogP contribution >= 0.6 is 22.6 Å². The van der Waals surface area contributed by atoms with E-state index >= 15 is 0 Å². The van der Waals surface area contributed by atoms with Gasteiger partial charge in [0.2, 0.25) is 0 Å². The van der Waals surface area contributed by atoms with Gasteiger partial charge in [0.25, 0.3) is 5.56 Å². The van der Waals surface area contributed by atoms with Gasteiger partial charge in [-0.1, -0.05) is 18.2 Å². The third-order valence-corrected chi connectivity index (χ3v) is 3.83. The Hall–Kier alpha value is -1.37. The quantitative estimate of drug-likeness (QED) is 0.800. The van der Waals surface area contributed by atoms with Gasteiger partial charge in [-0.05, 0) is 35.1 Å². The molecule has 4 nitrogen and oxygen atoms in total. The number of aromatic amines is 1. The van der Waals surface area contributed by atoms with Crippen molar-refractivity contribution < 1.29 is 4.74 Å². The molecular weight excluding hydrogens is 343 g/mol. The molecule has 1 atom stereocenters. The van der Waals surface area contributed by atoms with Crippen LogP contribution in [0.25, 0.3) is 0 Å². The maximum absolute atomic E-state index is 11.7. The van der Waals surface area contributed by atoms with Gasteiger partial charge in [0, 0.05) is 17.7 Å². The van der Waals surface area contributed by atoms with Crippen LogP contribution in [0.2, 0.25) is 0 Å². The van der Waals surface area contributed by atoms with E-state index in [0.29, 0.717) is 10.2 Å². The lowest BCUT2D eigenvalue weighted by atomic mass is 9.92. The Bertz CT molecular complexity index is 639. The van der Waals surface area contributed by atoms with Crippen LogP contribution in [0.1, 0.15) is 23.7 Å². The first-order valence-electron chi connectivity index (χ1n) is 5.72. The van der Waals surface area contributed by atoms with Gasteiger partial charge >= 0.3 is 0 Å². The maximum Gasteiger partial charge on any atom is 0.264 e. The van der Waals surface area contributed by atoms with Gasteiger partial charge < -0.3 is 9.72 Å². The molecule has 0 spiro atoms. The van der Waals surface area contributed by atoms with Crippen molar-refractivity contribution in [1.29, 1.82) is 0 Å². The predicted molar refractivity (Wildman–Crippen MR) is 76.0 cm³/mol. The molecule has 0 radical (unpaired) electrons. The number of H-pyrrole nitrogens is 1. The van der Waals surface area contributed by atoms with E-state index in [-0.39, 0.29) is 11.5 Å². The Morgan fingerprint density at radius 2 is 2.22 bits per heavy atom. The first-order valence-corrected chi connectivity index (χ1v) is 6.80. The van der Waals surface area contributed by atoms with Crippen molar-refractivity contribution in [3.8, 4) is 5.75 Å². The molecule has 0 amide bonds. The van der Waals surface area contributed by atoms with Crippen LogP contribution in [0.15, 0.2) is 35.3 Å². The Morgan fingerprint density at radius 1 is 1.39 bits per heavy atom. The fourth-order valence-electron chi connectivity index (χ4n) is 2.20. The average Bonchev–Trinajstić information content (AvgIpc) is 2.41. The zero-order chi connectivity index (χ0) is 12.5. The van der Waals surface area contributed by atoms with Gasteiger partial charge in [-0.3, -0.25) is 4.79 Å². The number of hydrogen-bond donors (Lipinski definition) is 1. The lowest BCUT2D eigenvalue weighted by Gasteiger charge is -2.24. The fourth-order valence-corrected chi connectivity index (χ4v) is 2.47. The van der Waals surface area contributed by atoms with E-state index in [1.165, 1.54) is 0 Å². The zero-order valence-electron chi connectivity index (χ0n) is 9.52. The molecule has 18 heavy (non-hydrogen) atoms. The molecule has 1 unspecified atom stereocenters. The summed E-state index contributed by atoms with van der Waals surface area (Å²) in [6.07, 6.45) is 2.45. The van der Waals surface area contributed by atoms with Crippen molar-refractivity contribution >= 4 is 22.6 Å². The second kappa shape index (κ2) is 4.72. The molecule has 92 valence electrons. The lowest BCUT2D eigenvalue weighted by molar-refractivity contribution is 0.274. The van der Waals surface area contributed by atoms with E-state index < -0.39 is 0 Å². The first kappa shape index (κ1) is 11.7. The number of aromatic nitrogens is 2. The number of nitrogens with zero attached hydrogens (tertiary/aromatic N) is 1. The summed E-state index contributed by atoms with van der Waals surface area (Å²) in [5.74, 6) is 1.71. The number of para-hydroxylation sites is 1. The van der Waals surface area contributed by atoms with Crippen molar-refractivity contribution in [2.24, 2.45) is 0 Å². The standard InChI is InChI=1S/C13H11IN2O2/c14-10-7-15-12(16-13(10)17)9-5-6-18-11-4-2-1-3-8(9)11/h1-4,7,9H,5-6H2,(H,15,16,17). The molecule has 5 heteroatoms. The zero-order valence-corrected chi connectivity index (χ0v) is 11.7. The average molecular weight is 354 g/mol. The number of hydrogen-bond acceptors (Lipinski definition) is 3. The molecule has 2 aromatic rings. The molecule has 0 fully saturated rings. The highest BCUT2D eigenvalue weighted by Crippen LogP contribution is 2.35. The summed E-state index contributed by atoms with van der Waals surface area (Å²) in [7, 11) is 0. The van der Waals surface area contributed by atoms with Crippen molar-refractivity contribution in [3.63, 3.8) is 0 Å². The van der Waals surface area contributed by atoms with Gasteiger partial charge in [-0.2, -0.15) is 0 Å². The predicted octanol–water partition coefficient (Wildman–Crippen LogP) is 2.29. The minimum absolute atomic E-state index is 0.0791. The molecule has 0 saturated carbocycles. The number of ether oxygens (including phenoxy) is 1. The van der Waals surface area contributed by atoms with Gasteiger partial charge in [0.15, 0.2) is 0 Å². The monoisotopic (exact) mass is 354 g/mol. The molecule has 0 aliphatic carbocycles. The van der Waals surface area contributed by atoms with Crippen LogP contribution in [0.4, 0.5) is 0 Å². The van der Waals surface area contributed by atoms with Gasteiger partial charge in [0.1, 0.15) is 11.6 Å². The van der Waals surface area contributed by atoms with E-state index in [4.69, 9.17) is 4.74 Å². The second-order valence-corrected chi connectivity index (χ2v) is 5.34. The summed E-state index contributed by atoms with van der Waals surface area (Å²) in [5.41, 5.74) is 1.01. The molecule has 1 aromatic carbocycles. The van der Waals surface area contributed by atoms with Gasteiger partial charge in [-0.15, -0.1) is 0 Å². The molecule has 1 aliphatic heterocycles. The highest BCUT2D eigenvalue weighted by molar-refractivity contribution is 14.1. The minimum atomic E-state index is -0.0791. The highest BCUT2D eigenvalue weighted by Gasteiger charge is 2.24. The molecule has 3 rings (SSSR count). The Morgan fingerprint density at radius 3 is 3.06 bits per heavy atom. The normalized spacial score (nSPS) is 17.9. The van der Waals surface area contributed by atoms with Crippen LogP contribution in [0.5, 0.6) is 5.75 Å². The molecule has 0 saturated heterocycles. The highest BCUT2D eigenvalue weighted by atomic mass is 127. The number of nitrogens with one attached hydrogen (secondary N) is 1. The summed E-state index contributed by atoms with van der Waals surface area (Å²) in [6.45, 7) is 0.650. The van der Waals surface area contributed by atoms with Crippen molar-refractivity contribution in [2.45, 2.75) is 12.3 Å². The molecule has 1 aliphatic rings. The van der Waals surface area contributed by atoms with Crippen LogP contribution in [-0.4, -0.2) is 16.6 Å². The van der Waals surface area contributed by atoms with Gasteiger partial charge in [-0.25, -0.2) is 4.98 Å². The second-order valence-electron chi connectivity index (χ2n) is 4.17. The molecular formula is C13H11IN2O2. The Balaban J connectivity index is 2.08. The fraction of sp³-hybridized carbons (Fsp3) is 0.231. The Kier molecular flexibility index (Phi) is 3.07. The molecule has 0 bridgehead atoms. The van der Waals surface area contributed by atoms with Crippen molar-refractivity contribution in [2.75, 3.05) is 6.61 Å². The lowest BCUT2D eigenvalue weighted by Crippen LogP contribution is -2.21. The molecule has 1 aromatic heterocycles. The topological polar surface area (TPSA) is 55.0 Å². The minimum Gasteiger partial charge on any atom is -0.493 e. The number of halogens is 1. The third kappa shape index (κ3) is 2.03. The van der Waals surface area contributed by atoms with E-state index in [1.807, 2.05) is 46.9 Å². The summed E-state index contributed by atoms with van der Waals surface area (Å²) in [6, 6.07) is 7.90.